The molecule has 1 unspecified atom stereocenters. The molecule has 1 aliphatic carbocycles. The second kappa shape index (κ2) is 4.00. The first-order valence-electron chi connectivity index (χ1n) is 5.80. The number of fused-ring (bicyclic) bond motifs is 1. The minimum Gasteiger partial charge on any atom is -0.311 e. The SMILES string of the molecule is CC1C(=O)N(C(=O)C2CC2)[C@@H]2CCN[C@@H]12.Cl. The lowest BCUT2D eigenvalue weighted by molar-refractivity contribution is -0.145. The van der Waals surface area contributed by atoms with E-state index in [-0.39, 0.29) is 48.1 Å². The van der Waals surface area contributed by atoms with Crippen LogP contribution in [0.1, 0.15) is 26.2 Å². The first kappa shape index (κ1) is 11.9. The van der Waals surface area contributed by atoms with Crippen molar-refractivity contribution in [3.05, 3.63) is 0 Å². The van der Waals surface area contributed by atoms with Gasteiger partial charge in [0.05, 0.1) is 12.0 Å². The van der Waals surface area contributed by atoms with Crippen LogP contribution in [0, 0.1) is 11.8 Å². The number of hydrogen-bond acceptors (Lipinski definition) is 3. The Bertz CT molecular complexity index is 322. The Labute approximate surface area is 101 Å². The van der Waals surface area contributed by atoms with E-state index < -0.39 is 0 Å². The normalized spacial score (nSPS) is 37.2. The fourth-order valence-corrected chi connectivity index (χ4v) is 2.85. The first-order valence-corrected chi connectivity index (χ1v) is 5.80. The number of amides is 2. The van der Waals surface area contributed by atoms with Crippen LogP contribution in [0.5, 0.6) is 0 Å². The van der Waals surface area contributed by atoms with Crippen molar-refractivity contribution < 1.29 is 9.59 Å². The Morgan fingerprint density at radius 3 is 2.69 bits per heavy atom. The highest BCUT2D eigenvalue weighted by atomic mass is 35.5. The summed E-state index contributed by atoms with van der Waals surface area (Å²) in [6.45, 7) is 2.86. The molecule has 1 saturated carbocycles. The third-order valence-corrected chi connectivity index (χ3v) is 3.90. The topological polar surface area (TPSA) is 49.4 Å². The molecule has 3 fully saturated rings. The smallest absolute Gasteiger partial charge is 0.233 e. The van der Waals surface area contributed by atoms with Gasteiger partial charge in [-0.3, -0.25) is 14.5 Å². The molecule has 0 bridgehead atoms. The van der Waals surface area contributed by atoms with E-state index in [1.54, 1.807) is 4.90 Å². The van der Waals surface area contributed by atoms with E-state index in [1.807, 2.05) is 6.92 Å². The van der Waals surface area contributed by atoms with E-state index in [9.17, 15) is 9.59 Å². The third kappa shape index (κ3) is 1.55. The molecule has 5 heteroatoms. The van der Waals surface area contributed by atoms with E-state index in [2.05, 4.69) is 5.32 Å². The lowest BCUT2D eigenvalue weighted by Gasteiger charge is -2.21. The first-order chi connectivity index (χ1) is 7.20. The molecule has 4 nitrogen and oxygen atoms in total. The zero-order valence-corrected chi connectivity index (χ0v) is 10.1. The van der Waals surface area contributed by atoms with Crippen LogP contribution in [0.3, 0.4) is 0 Å². The summed E-state index contributed by atoms with van der Waals surface area (Å²) in [5.74, 6) is 0.248. The van der Waals surface area contributed by atoms with Gasteiger partial charge in [-0.05, 0) is 25.8 Å². The Morgan fingerprint density at radius 1 is 1.38 bits per heavy atom. The number of carbonyl (C=O) groups excluding carboxylic acids is 2. The van der Waals surface area contributed by atoms with Crippen LogP contribution in [-0.2, 0) is 9.59 Å². The summed E-state index contributed by atoms with van der Waals surface area (Å²) in [4.78, 5) is 25.5. The second-order valence-corrected chi connectivity index (χ2v) is 4.95. The molecule has 0 aromatic carbocycles. The van der Waals surface area contributed by atoms with Crippen molar-refractivity contribution in [1.82, 2.24) is 10.2 Å². The number of halogens is 1. The summed E-state index contributed by atoms with van der Waals surface area (Å²) in [7, 11) is 0. The van der Waals surface area contributed by atoms with Crippen LogP contribution in [0.25, 0.3) is 0 Å². The predicted molar refractivity (Wildman–Crippen MR) is 61.2 cm³/mol. The number of nitrogens with zero attached hydrogens (tertiary/aromatic N) is 1. The van der Waals surface area contributed by atoms with E-state index in [0.29, 0.717) is 0 Å². The maximum Gasteiger partial charge on any atom is 0.233 e. The third-order valence-electron chi connectivity index (χ3n) is 3.90. The number of imide groups is 1. The second-order valence-electron chi connectivity index (χ2n) is 4.95. The molecule has 3 atom stereocenters. The Balaban J connectivity index is 0.000000963. The zero-order valence-electron chi connectivity index (χ0n) is 9.31. The number of rotatable bonds is 1. The molecule has 0 aromatic heterocycles. The fourth-order valence-electron chi connectivity index (χ4n) is 2.85. The van der Waals surface area contributed by atoms with Gasteiger partial charge in [-0.15, -0.1) is 12.4 Å². The monoisotopic (exact) mass is 244 g/mol. The molecule has 2 heterocycles. The maximum absolute atomic E-state index is 12.0. The highest BCUT2D eigenvalue weighted by Gasteiger charge is 2.52. The number of hydrogen-bond donors (Lipinski definition) is 1. The molecule has 0 radical (unpaired) electrons. The minimum absolute atomic E-state index is 0. The summed E-state index contributed by atoms with van der Waals surface area (Å²) in [5.41, 5.74) is 0. The molecule has 3 rings (SSSR count). The Hall–Kier alpha value is -0.610. The summed E-state index contributed by atoms with van der Waals surface area (Å²) < 4.78 is 0. The molecule has 0 spiro atoms. The van der Waals surface area contributed by atoms with E-state index in [1.165, 1.54) is 0 Å². The summed E-state index contributed by atoms with van der Waals surface area (Å²) in [6.07, 6.45) is 2.88. The van der Waals surface area contributed by atoms with Gasteiger partial charge in [0, 0.05) is 12.0 Å². The van der Waals surface area contributed by atoms with Gasteiger partial charge < -0.3 is 5.32 Å². The van der Waals surface area contributed by atoms with Crippen molar-refractivity contribution in [2.75, 3.05) is 6.54 Å². The lowest BCUT2D eigenvalue weighted by Crippen LogP contribution is -2.41. The number of carbonyl (C=O) groups is 2. The average Bonchev–Trinajstić information content (AvgIpc) is 2.92. The minimum atomic E-state index is -0.0276. The molecule has 2 saturated heterocycles. The van der Waals surface area contributed by atoms with Crippen molar-refractivity contribution >= 4 is 24.2 Å². The Morgan fingerprint density at radius 2 is 2.06 bits per heavy atom. The van der Waals surface area contributed by atoms with Gasteiger partial charge in [0.2, 0.25) is 11.8 Å². The molecular weight excluding hydrogens is 228 g/mol. The van der Waals surface area contributed by atoms with Gasteiger partial charge in [-0.2, -0.15) is 0 Å². The zero-order chi connectivity index (χ0) is 10.6. The summed E-state index contributed by atoms with van der Waals surface area (Å²) >= 11 is 0. The van der Waals surface area contributed by atoms with E-state index in [0.717, 1.165) is 25.8 Å². The van der Waals surface area contributed by atoms with Gasteiger partial charge >= 0.3 is 0 Å². The molecule has 0 aromatic rings. The maximum atomic E-state index is 12.0. The van der Waals surface area contributed by atoms with Gasteiger partial charge in [0.1, 0.15) is 0 Å². The predicted octanol–water partition coefficient (Wildman–Crippen LogP) is 0.554. The van der Waals surface area contributed by atoms with Crippen molar-refractivity contribution in [3.63, 3.8) is 0 Å². The highest BCUT2D eigenvalue weighted by molar-refractivity contribution is 6.00. The summed E-state index contributed by atoms with van der Waals surface area (Å²) in [5, 5.41) is 3.33. The molecule has 16 heavy (non-hydrogen) atoms. The van der Waals surface area contributed by atoms with Crippen LogP contribution >= 0.6 is 12.4 Å². The van der Waals surface area contributed by atoms with Crippen LogP contribution in [0.2, 0.25) is 0 Å². The van der Waals surface area contributed by atoms with Crippen LogP contribution in [0.15, 0.2) is 0 Å². The largest absolute Gasteiger partial charge is 0.311 e. The van der Waals surface area contributed by atoms with Crippen LogP contribution < -0.4 is 5.32 Å². The molecule has 2 aliphatic heterocycles. The van der Waals surface area contributed by atoms with Crippen LogP contribution in [-0.4, -0.2) is 35.3 Å². The average molecular weight is 245 g/mol. The quantitative estimate of drug-likeness (QED) is 0.686. The van der Waals surface area contributed by atoms with Crippen LogP contribution in [0.4, 0.5) is 0 Å². The summed E-state index contributed by atoms with van der Waals surface area (Å²) in [6, 6.07) is 0.348. The molecule has 90 valence electrons. The van der Waals surface area contributed by atoms with Gasteiger partial charge in [0.15, 0.2) is 0 Å². The number of likely N-dealkylation sites (tertiary alicyclic amines) is 1. The van der Waals surface area contributed by atoms with Crippen molar-refractivity contribution in [2.24, 2.45) is 11.8 Å². The van der Waals surface area contributed by atoms with E-state index >= 15 is 0 Å². The van der Waals surface area contributed by atoms with Gasteiger partial charge in [-0.25, -0.2) is 0 Å². The molecular formula is C11H17ClN2O2. The molecule has 3 aliphatic rings. The number of nitrogens with one attached hydrogen (secondary N) is 1. The van der Waals surface area contributed by atoms with Crippen molar-refractivity contribution in [2.45, 2.75) is 38.3 Å². The Kier molecular flexibility index (Phi) is 2.97. The standard InChI is InChI=1S/C11H16N2O2.ClH/c1-6-9-8(4-5-12-9)13(10(6)14)11(15)7-2-3-7;/h6-9,12H,2-5H2,1H3;1H/t6?,8-,9+;/m1./s1. The molecule has 2 amide bonds. The van der Waals surface area contributed by atoms with Gasteiger partial charge in [0.25, 0.3) is 0 Å². The van der Waals surface area contributed by atoms with Crippen molar-refractivity contribution in [1.29, 1.82) is 0 Å². The molecule has 1 N–H and O–H groups in total. The van der Waals surface area contributed by atoms with Crippen molar-refractivity contribution in [3.8, 4) is 0 Å². The lowest BCUT2D eigenvalue weighted by atomic mass is 10.0. The van der Waals surface area contributed by atoms with E-state index in [4.69, 9.17) is 0 Å². The van der Waals surface area contributed by atoms with Gasteiger partial charge in [-0.1, -0.05) is 6.92 Å². The highest BCUT2D eigenvalue weighted by Crippen LogP contribution is 2.37. The fraction of sp³-hybridized carbons (Fsp3) is 0.818.